The average molecular weight is 462 g/mol. The number of hydrogen-bond donors (Lipinski definition) is 1. The molecule has 1 heterocycles. The minimum absolute atomic E-state index is 0.0392. The van der Waals surface area contributed by atoms with Crippen LogP contribution in [0.3, 0.4) is 0 Å². The Bertz CT molecular complexity index is 976. The fourth-order valence-corrected chi connectivity index (χ4v) is 5.99. The zero-order valence-corrected chi connectivity index (χ0v) is 17.9. The third kappa shape index (κ3) is 4.34. The van der Waals surface area contributed by atoms with Crippen LogP contribution in [0, 0.1) is 15.9 Å². The van der Waals surface area contributed by atoms with Gasteiger partial charge in [-0.05, 0) is 25.3 Å². The van der Waals surface area contributed by atoms with E-state index < -0.39 is 43.4 Å². The summed E-state index contributed by atoms with van der Waals surface area (Å²) in [6, 6.07) is 2.91. The van der Waals surface area contributed by atoms with Gasteiger partial charge in [0.05, 0.1) is 23.7 Å². The van der Waals surface area contributed by atoms with Gasteiger partial charge in [0, 0.05) is 31.9 Å². The zero-order valence-electron chi connectivity index (χ0n) is 17.1. The van der Waals surface area contributed by atoms with E-state index in [1.54, 1.807) is 0 Å². The van der Waals surface area contributed by atoms with E-state index in [-0.39, 0.29) is 44.1 Å². The Labute approximate surface area is 178 Å². The Morgan fingerprint density at radius 1 is 1.42 bits per heavy atom. The molecule has 1 saturated heterocycles. The fourth-order valence-electron chi connectivity index (χ4n) is 4.00. The van der Waals surface area contributed by atoms with Crippen molar-refractivity contribution in [3.8, 4) is 0 Å². The second-order valence-electron chi connectivity index (χ2n) is 7.40. The van der Waals surface area contributed by atoms with Crippen molar-refractivity contribution in [2.24, 2.45) is 4.99 Å². The monoisotopic (exact) mass is 462 g/mol. The molecule has 1 aliphatic heterocycles. The van der Waals surface area contributed by atoms with Gasteiger partial charge in [-0.25, -0.2) is 26.5 Å². The molecule has 3 atom stereocenters. The molecule has 0 radical (unpaired) electrons. The van der Waals surface area contributed by atoms with E-state index in [1.807, 2.05) is 0 Å². The van der Waals surface area contributed by atoms with Crippen molar-refractivity contribution >= 4 is 21.7 Å². The summed E-state index contributed by atoms with van der Waals surface area (Å²) in [5.41, 5.74) is -2.22. The first-order chi connectivity index (χ1) is 14.6. The van der Waals surface area contributed by atoms with Crippen LogP contribution >= 0.6 is 0 Å². The number of halogens is 2. The van der Waals surface area contributed by atoms with Crippen LogP contribution in [0.15, 0.2) is 23.2 Å². The Morgan fingerprint density at radius 2 is 2.16 bits per heavy atom. The lowest BCUT2D eigenvalue weighted by Crippen LogP contribution is -2.69. The number of methoxy groups -OCH3 is 1. The van der Waals surface area contributed by atoms with Crippen molar-refractivity contribution in [2.45, 2.75) is 36.2 Å². The van der Waals surface area contributed by atoms with Crippen LogP contribution < -0.4 is 5.32 Å². The number of nitrogens with zero attached hydrogens (tertiary/aromatic N) is 3. The van der Waals surface area contributed by atoms with Gasteiger partial charge in [-0.2, -0.15) is 0 Å². The minimum Gasteiger partial charge on any atom is -0.382 e. The maximum atomic E-state index is 14.9. The average Bonchev–Trinajstić information content (AvgIpc) is 2.72. The molecule has 0 bridgehead atoms. The van der Waals surface area contributed by atoms with Crippen LogP contribution in [-0.4, -0.2) is 69.1 Å². The van der Waals surface area contributed by atoms with Gasteiger partial charge in [0.2, 0.25) is 16.0 Å². The summed E-state index contributed by atoms with van der Waals surface area (Å²) in [6.07, 6.45) is -1.91. The van der Waals surface area contributed by atoms with Crippen LogP contribution in [0.4, 0.5) is 14.5 Å². The standard InChI is InChI=1S/C18H24F2N4O6S/c1-23-17(21-11-30-8-7-29-2)22-18(6-5-12(19)9-16(18)31(23,27)28)14-10-13(24(25)26)3-4-15(14)20/h3-4,10,12,16H,5-9,11H2,1-2H3,(H,21,22). The smallest absolute Gasteiger partial charge is 0.269 e. The number of benzene rings is 1. The molecule has 0 amide bonds. The van der Waals surface area contributed by atoms with Gasteiger partial charge in [0.1, 0.15) is 24.0 Å². The van der Waals surface area contributed by atoms with E-state index in [9.17, 15) is 27.3 Å². The number of nitro groups is 1. The second-order valence-corrected chi connectivity index (χ2v) is 9.55. The molecule has 172 valence electrons. The molecule has 2 aliphatic rings. The SMILES string of the molecule is COCCOCN=C1NC2(c3cc([N+](=O)[O-])ccc3F)CCC(F)CC2S(=O)(=O)N1C. The second kappa shape index (κ2) is 9.01. The van der Waals surface area contributed by atoms with Crippen LogP contribution in [-0.2, 0) is 25.0 Å². The number of nitrogens with one attached hydrogen (secondary N) is 1. The number of aliphatic imine (C=N–C) groups is 1. The lowest BCUT2D eigenvalue weighted by atomic mass is 9.75. The maximum absolute atomic E-state index is 14.9. The Balaban J connectivity index is 2.09. The van der Waals surface area contributed by atoms with Crippen LogP contribution in [0.25, 0.3) is 0 Å². The maximum Gasteiger partial charge on any atom is 0.269 e. The third-order valence-electron chi connectivity index (χ3n) is 5.62. The van der Waals surface area contributed by atoms with Crippen molar-refractivity contribution in [3.05, 3.63) is 39.7 Å². The predicted octanol–water partition coefficient (Wildman–Crippen LogP) is 1.66. The predicted molar refractivity (Wildman–Crippen MR) is 107 cm³/mol. The highest BCUT2D eigenvalue weighted by Crippen LogP contribution is 2.46. The lowest BCUT2D eigenvalue weighted by Gasteiger charge is -2.51. The van der Waals surface area contributed by atoms with Gasteiger partial charge in [-0.15, -0.1) is 0 Å². The van der Waals surface area contributed by atoms with Gasteiger partial charge in [-0.1, -0.05) is 0 Å². The van der Waals surface area contributed by atoms with Gasteiger partial charge in [0.25, 0.3) is 5.69 Å². The van der Waals surface area contributed by atoms with E-state index in [0.717, 1.165) is 22.5 Å². The quantitative estimate of drug-likeness (QED) is 0.371. The molecule has 1 aliphatic carbocycles. The molecule has 13 heteroatoms. The van der Waals surface area contributed by atoms with E-state index in [1.165, 1.54) is 14.2 Å². The van der Waals surface area contributed by atoms with Crippen molar-refractivity contribution < 1.29 is 31.6 Å². The van der Waals surface area contributed by atoms with E-state index in [2.05, 4.69) is 10.3 Å². The van der Waals surface area contributed by atoms with Crippen molar-refractivity contribution in [3.63, 3.8) is 0 Å². The number of alkyl halides is 1. The van der Waals surface area contributed by atoms with Gasteiger partial charge in [-0.3, -0.25) is 10.1 Å². The summed E-state index contributed by atoms with van der Waals surface area (Å²) in [5.74, 6) is -0.937. The molecule has 1 N–H and O–H groups in total. The van der Waals surface area contributed by atoms with Gasteiger partial charge < -0.3 is 14.8 Å². The third-order valence-corrected chi connectivity index (χ3v) is 7.87. The van der Waals surface area contributed by atoms with Crippen molar-refractivity contribution in [2.75, 3.05) is 34.1 Å². The summed E-state index contributed by atoms with van der Waals surface area (Å²) < 4.78 is 66.7. The zero-order chi connectivity index (χ0) is 22.8. The first-order valence-electron chi connectivity index (χ1n) is 9.59. The summed E-state index contributed by atoms with van der Waals surface area (Å²) in [4.78, 5) is 14.7. The Kier molecular flexibility index (Phi) is 6.76. The molecule has 1 aromatic rings. The molecule has 0 aromatic heterocycles. The summed E-state index contributed by atoms with van der Waals surface area (Å²) in [6.45, 7) is 0.339. The number of nitro benzene ring substituents is 1. The molecule has 1 aromatic carbocycles. The number of non-ortho nitro benzene ring substituents is 1. The first kappa shape index (κ1) is 23.3. The number of rotatable bonds is 7. The number of sulfonamides is 1. The largest absolute Gasteiger partial charge is 0.382 e. The van der Waals surface area contributed by atoms with Crippen LogP contribution in [0.2, 0.25) is 0 Å². The van der Waals surface area contributed by atoms with E-state index >= 15 is 0 Å². The Hall–Kier alpha value is -2.38. The minimum atomic E-state index is -4.16. The highest BCUT2D eigenvalue weighted by atomic mass is 32.2. The highest BCUT2D eigenvalue weighted by molar-refractivity contribution is 7.90. The van der Waals surface area contributed by atoms with Crippen molar-refractivity contribution in [1.29, 1.82) is 0 Å². The van der Waals surface area contributed by atoms with Crippen LogP contribution in [0.5, 0.6) is 0 Å². The summed E-state index contributed by atoms with van der Waals surface area (Å²) in [5, 5.41) is 12.8. The van der Waals surface area contributed by atoms with Gasteiger partial charge in [0.15, 0.2) is 0 Å². The topological polar surface area (TPSA) is 123 Å². The normalized spacial score (nSPS) is 28.8. The molecule has 31 heavy (non-hydrogen) atoms. The summed E-state index contributed by atoms with van der Waals surface area (Å²) in [7, 11) is -1.41. The highest BCUT2D eigenvalue weighted by Gasteiger charge is 2.58. The summed E-state index contributed by atoms with van der Waals surface area (Å²) >= 11 is 0. The van der Waals surface area contributed by atoms with Gasteiger partial charge >= 0.3 is 0 Å². The van der Waals surface area contributed by atoms with E-state index in [4.69, 9.17) is 9.47 Å². The number of ether oxygens (including phenoxy) is 2. The first-order valence-corrected chi connectivity index (χ1v) is 11.1. The molecular formula is C18H24F2N4O6S. The molecule has 3 rings (SSSR count). The number of guanidine groups is 1. The molecular weight excluding hydrogens is 438 g/mol. The molecule has 10 nitrogen and oxygen atoms in total. The molecule has 2 fully saturated rings. The van der Waals surface area contributed by atoms with E-state index in [0.29, 0.717) is 6.61 Å². The van der Waals surface area contributed by atoms with Crippen molar-refractivity contribution in [1.82, 2.24) is 9.62 Å². The fraction of sp³-hybridized carbons (Fsp3) is 0.611. The molecule has 0 spiro atoms. The Morgan fingerprint density at radius 3 is 2.84 bits per heavy atom. The molecule has 3 unspecified atom stereocenters. The number of fused-ring (bicyclic) bond motifs is 1. The van der Waals surface area contributed by atoms with Crippen LogP contribution in [0.1, 0.15) is 24.8 Å². The lowest BCUT2D eigenvalue weighted by molar-refractivity contribution is -0.385. The number of hydrogen-bond acceptors (Lipinski definition) is 7. The molecule has 1 saturated carbocycles.